The van der Waals surface area contributed by atoms with Crippen LogP contribution in [0.1, 0.15) is 42.8 Å². The minimum atomic E-state index is -1.06. The lowest BCUT2D eigenvalue weighted by Gasteiger charge is -2.27. The van der Waals surface area contributed by atoms with Crippen LogP contribution in [0.5, 0.6) is 0 Å². The number of nitrogens with one attached hydrogen (secondary N) is 1. The highest BCUT2D eigenvalue weighted by Gasteiger charge is 2.22. The van der Waals surface area contributed by atoms with Crippen LogP contribution in [0, 0.1) is 0 Å². The van der Waals surface area contributed by atoms with Gasteiger partial charge in [0.2, 0.25) is 0 Å². The van der Waals surface area contributed by atoms with Crippen LogP contribution in [0.25, 0.3) is 0 Å². The molecule has 1 fully saturated rings. The molecule has 0 aromatic carbocycles. The molecule has 1 atom stereocenters. The molecule has 1 aliphatic rings. The fourth-order valence-corrected chi connectivity index (χ4v) is 3.53. The van der Waals surface area contributed by atoms with Gasteiger partial charge < -0.3 is 14.8 Å². The Kier molecular flexibility index (Phi) is 4.72. The van der Waals surface area contributed by atoms with E-state index in [0.717, 1.165) is 17.6 Å². The van der Waals surface area contributed by atoms with E-state index < -0.39 is 5.97 Å². The van der Waals surface area contributed by atoms with Gasteiger partial charge in [-0.15, -0.1) is 11.3 Å². The van der Waals surface area contributed by atoms with E-state index in [4.69, 9.17) is 0 Å². The van der Waals surface area contributed by atoms with Crippen molar-refractivity contribution >= 4 is 17.3 Å². The van der Waals surface area contributed by atoms with E-state index in [9.17, 15) is 9.90 Å². The van der Waals surface area contributed by atoms with Crippen LogP contribution in [-0.4, -0.2) is 24.0 Å². The van der Waals surface area contributed by atoms with Crippen molar-refractivity contribution in [3.8, 4) is 0 Å². The number of carbonyl (C=O) groups is 1. The SMILES string of the molecule is C[NH+](Cc1nc(CC(=O)[O-])cs1)C1CCCCC1. The maximum absolute atomic E-state index is 10.5. The van der Waals surface area contributed by atoms with Gasteiger partial charge in [-0.1, -0.05) is 6.42 Å². The fraction of sp³-hybridized carbons (Fsp3) is 0.692. The first-order valence-electron chi connectivity index (χ1n) is 6.60. The molecule has 2 rings (SSSR count). The van der Waals surface area contributed by atoms with Gasteiger partial charge in [-0.25, -0.2) is 4.98 Å². The number of hydrogen-bond acceptors (Lipinski definition) is 4. The van der Waals surface area contributed by atoms with E-state index in [1.165, 1.54) is 37.0 Å². The summed E-state index contributed by atoms with van der Waals surface area (Å²) in [5, 5.41) is 13.4. The molecule has 1 aliphatic carbocycles. The van der Waals surface area contributed by atoms with Gasteiger partial charge in [-0.3, -0.25) is 0 Å². The smallest absolute Gasteiger partial charge is 0.147 e. The second kappa shape index (κ2) is 6.29. The molecule has 1 unspecified atom stereocenters. The third-order valence-corrected chi connectivity index (χ3v) is 4.55. The Hall–Kier alpha value is -0.940. The highest BCUT2D eigenvalue weighted by atomic mass is 32.1. The number of thiazole rings is 1. The second-order valence-corrected chi connectivity index (χ2v) is 6.08. The van der Waals surface area contributed by atoms with Gasteiger partial charge in [0.25, 0.3) is 0 Å². The molecule has 1 saturated carbocycles. The quantitative estimate of drug-likeness (QED) is 0.803. The van der Waals surface area contributed by atoms with E-state index in [1.54, 1.807) is 11.3 Å². The number of nitrogens with zero attached hydrogens (tertiary/aromatic N) is 1. The number of aliphatic carboxylic acids is 1. The van der Waals surface area contributed by atoms with Crippen LogP contribution in [0.3, 0.4) is 0 Å². The molecule has 0 aliphatic heterocycles. The summed E-state index contributed by atoms with van der Waals surface area (Å²) in [7, 11) is 2.22. The average molecular weight is 268 g/mol. The molecular formula is C13H20N2O2S. The van der Waals surface area contributed by atoms with Crippen LogP contribution >= 0.6 is 11.3 Å². The largest absolute Gasteiger partial charge is 0.550 e. The molecule has 4 nitrogen and oxygen atoms in total. The summed E-state index contributed by atoms with van der Waals surface area (Å²) in [4.78, 5) is 16.4. The van der Waals surface area contributed by atoms with Crippen molar-refractivity contribution < 1.29 is 14.8 Å². The molecule has 1 aromatic rings. The monoisotopic (exact) mass is 268 g/mol. The predicted octanol–water partition coefficient (Wildman–Crippen LogP) is -0.217. The summed E-state index contributed by atoms with van der Waals surface area (Å²) in [6.45, 7) is 0.905. The molecule has 0 bridgehead atoms. The van der Waals surface area contributed by atoms with E-state index in [0.29, 0.717) is 5.69 Å². The molecule has 0 radical (unpaired) electrons. The number of rotatable bonds is 5. The molecule has 1 aromatic heterocycles. The maximum Gasteiger partial charge on any atom is 0.147 e. The Morgan fingerprint density at radius 2 is 2.22 bits per heavy atom. The van der Waals surface area contributed by atoms with Gasteiger partial charge >= 0.3 is 0 Å². The normalized spacial score (nSPS) is 18.7. The summed E-state index contributed by atoms with van der Waals surface area (Å²) in [5.41, 5.74) is 0.631. The van der Waals surface area contributed by atoms with Gasteiger partial charge in [-0.2, -0.15) is 0 Å². The minimum Gasteiger partial charge on any atom is -0.550 e. The number of hydrogen-bond donors (Lipinski definition) is 1. The van der Waals surface area contributed by atoms with Crippen molar-refractivity contribution in [3.63, 3.8) is 0 Å². The predicted molar refractivity (Wildman–Crippen MR) is 68.3 cm³/mol. The Morgan fingerprint density at radius 1 is 1.50 bits per heavy atom. The maximum atomic E-state index is 10.5. The Bertz CT molecular complexity index is 399. The first kappa shape index (κ1) is 13.5. The zero-order valence-electron chi connectivity index (χ0n) is 10.8. The summed E-state index contributed by atoms with van der Waals surface area (Å²) < 4.78 is 0. The number of aromatic nitrogens is 1. The third kappa shape index (κ3) is 3.78. The Balaban J connectivity index is 1.87. The van der Waals surface area contributed by atoms with Crippen LogP contribution in [-0.2, 0) is 17.8 Å². The van der Waals surface area contributed by atoms with Crippen molar-refractivity contribution in [3.05, 3.63) is 16.1 Å². The molecule has 0 saturated heterocycles. The van der Waals surface area contributed by atoms with E-state index >= 15 is 0 Å². The summed E-state index contributed by atoms with van der Waals surface area (Å²) in [5.74, 6) is -1.06. The topological polar surface area (TPSA) is 57.5 Å². The first-order chi connectivity index (χ1) is 8.65. The molecule has 18 heavy (non-hydrogen) atoms. The lowest BCUT2D eigenvalue weighted by molar-refractivity contribution is -0.921. The van der Waals surface area contributed by atoms with Crippen LogP contribution < -0.4 is 10.0 Å². The molecule has 1 N–H and O–H groups in total. The van der Waals surface area contributed by atoms with Crippen molar-refractivity contribution in [2.24, 2.45) is 0 Å². The van der Waals surface area contributed by atoms with Crippen LogP contribution in [0.15, 0.2) is 5.38 Å². The van der Waals surface area contributed by atoms with Gasteiger partial charge in [0.15, 0.2) is 0 Å². The molecular weight excluding hydrogens is 248 g/mol. The van der Waals surface area contributed by atoms with Gasteiger partial charge in [0.05, 0.1) is 18.8 Å². The summed E-state index contributed by atoms with van der Waals surface area (Å²) >= 11 is 1.56. The van der Waals surface area contributed by atoms with E-state index in [-0.39, 0.29) is 6.42 Å². The Labute approximate surface area is 112 Å². The zero-order chi connectivity index (χ0) is 13.0. The number of carbonyl (C=O) groups excluding carboxylic acids is 1. The van der Waals surface area contributed by atoms with E-state index in [2.05, 4.69) is 12.0 Å². The van der Waals surface area contributed by atoms with Crippen LogP contribution in [0.2, 0.25) is 0 Å². The molecule has 100 valence electrons. The van der Waals surface area contributed by atoms with Crippen LogP contribution in [0.4, 0.5) is 0 Å². The minimum absolute atomic E-state index is 0.0705. The van der Waals surface area contributed by atoms with Crippen molar-refractivity contribution in [1.82, 2.24) is 4.98 Å². The molecule has 5 heteroatoms. The van der Waals surface area contributed by atoms with E-state index in [1.807, 2.05) is 5.38 Å². The average Bonchev–Trinajstić information content (AvgIpc) is 2.76. The number of carboxylic acids is 1. The zero-order valence-corrected chi connectivity index (χ0v) is 11.6. The summed E-state index contributed by atoms with van der Waals surface area (Å²) in [6.07, 6.45) is 6.60. The number of quaternary nitrogens is 1. The highest BCUT2D eigenvalue weighted by molar-refractivity contribution is 7.09. The number of carboxylic acid groups (broad SMARTS) is 1. The molecule has 0 spiro atoms. The fourth-order valence-electron chi connectivity index (χ4n) is 2.64. The van der Waals surface area contributed by atoms with Gasteiger partial charge in [0, 0.05) is 17.8 Å². The van der Waals surface area contributed by atoms with Crippen molar-refractivity contribution in [2.75, 3.05) is 7.05 Å². The highest BCUT2D eigenvalue weighted by Crippen LogP contribution is 2.16. The third-order valence-electron chi connectivity index (χ3n) is 3.66. The lowest BCUT2D eigenvalue weighted by Crippen LogP contribution is -3.11. The second-order valence-electron chi connectivity index (χ2n) is 5.14. The summed E-state index contributed by atoms with van der Waals surface area (Å²) in [6, 6.07) is 0.743. The van der Waals surface area contributed by atoms with Crippen molar-refractivity contribution in [2.45, 2.75) is 51.1 Å². The van der Waals surface area contributed by atoms with Crippen molar-refractivity contribution in [1.29, 1.82) is 0 Å². The Morgan fingerprint density at radius 3 is 2.89 bits per heavy atom. The van der Waals surface area contributed by atoms with Gasteiger partial charge in [0.1, 0.15) is 11.6 Å². The first-order valence-corrected chi connectivity index (χ1v) is 7.48. The van der Waals surface area contributed by atoms with Gasteiger partial charge in [-0.05, 0) is 25.7 Å². The molecule has 0 amide bonds. The molecule has 1 heterocycles. The standard InChI is InChI=1S/C13H20N2O2S/c1-15(11-5-3-2-4-6-11)8-12-14-10(9-18-12)7-13(16)17/h9,11H,2-8H2,1H3,(H,16,17). The lowest BCUT2D eigenvalue weighted by atomic mass is 9.94.